The minimum atomic E-state index is -0.207. The standard InChI is InChI=1S/C58H48N5O.Pt/c1-57(2,3)41-31-32-59-54(33-41)63-51-35-45(29-30-47(51)49-36-48-46-27-16-17-28-50(46)62(52(48)37-53(49)63)42-23-14-9-15-24-42)64-44-26-18-25-43(34-44)60-38-61(58(4,5)6)56(40-21-12-8-13-22-40)55(60)39-19-10-7-11-20-39;/h7-33,36-38H,1-6H3;/q-3;. The second kappa shape index (κ2) is 16.3. The summed E-state index contributed by atoms with van der Waals surface area (Å²) in [7, 11) is 0. The van der Waals surface area contributed by atoms with E-state index in [9.17, 15) is 0 Å². The second-order valence-electron chi connectivity index (χ2n) is 18.6. The minimum absolute atomic E-state index is 0. The summed E-state index contributed by atoms with van der Waals surface area (Å²) < 4.78 is 11.4. The summed E-state index contributed by atoms with van der Waals surface area (Å²) in [6.45, 7) is 15.7. The summed E-state index contributed by atoms with van der Waals surface area (Å²) in [4.78, 5) is 9.63. The molecule has 6 nitrogen and oxygen atoms in total. The van der Waals surface area contributed by atoms with Gasteiger partial charge in [0.1, 0.15) is 5.82 Å². The van der Waals surface area contributed by atoms with Crippen molar-refractivity contribution >= 4 is 60.7 Å². The first-order valence-electron chi connectivity index (χ1n) is 22.0. The van der Waals surface area contributed by atoms with Crippen LogP contribution in [0.1, 0.15) is 58.2 Å². The normalized spacial score (nSPS) is 13.4. The molecule has 0 atom stereocenters. The van der Waals surface area contributed by atoms with Crippen LogP contribution in [0.2, 0.25) is 0 Å². The van der Waals surface area contributed by atoms with Crippen molar-refractivity contribution in [3.8, 4) is 23.0 Å². The Bertz CT molecular complexity index is 3410. The third-order valence-electron chi connectivity index (χ3n) is 12.3. The Morgan fingerprint density at radius 3 is 1.86 bits per heavy atom. The van der Waals surface area contributed by atoms with Crippen molar-refractivity contribution in [2.45, 2.75) is 52.5 Å². The Balaban J connectivity index is 0.00000498. The van der Waals surface area contributed by atoms with Gasteiger partial charge in [-0.15, -0.1) is 41.4 Å². The molecule has 3 aromatic heterocycles. The van der Waals surface area contributed by atoms with Gasteiger partial charge >= 0.3 is 0 Å². The molecule has 7 aromatic carbocycles. The van der Waals surface area contributed by atoms with Crippen LogP contribution < -0.4 is 9.64 Å². The number of pyridine rings is 1. The van der Waals surface area contributed by atoms with E-state index in [1.165, 1.54) is 21.9 Å². The van der Waals surface area contributed by atoms with E-state index < -0.39 is 0 Å². The SMILES string of the molecule is CC(C)(C)c1ccnc(-n2c3[c-]c(Oc4[c-]c(N5[CH-]N(C(C)(C)C)C(c6ccccc6)=C5c5ccccc5)ccc4)ccc3c3cc4c5ccccc5n(-c5ccccc5)c4cc32)c1.[Pt]. The van der Waals surface area contributed by atoms with Gasteiger partial charge in [0.2, 0.25) is 0 Å². The number of benzene rings is 7. The fourth-order valence-electron chi connectivity index (χ4n) is 9.19. The van der Waals surface area contributed by atoms with Crippen molar-refractivity contribution in [1.82, 2.24) is 19.0 Å². The third-order valence-corrected chi connectivity index (χ3v) is 12.3. The Morgan fingerprint density at radius 1 is 0.523 bits per heavy atom. The maximum Gasteiger partial charge on any atom is 0.135 e. The fourth-order valence-corrected chi connectivity index (χ4v) is 9.19. The van der Waals surface area contributed by atoms with Crippen LogP contribution in [0.25, 0.3) is 66.5 Å². The number of aromatic nitrogens is 3. The molecule has 0 spiro atoms. The molecule has 10 aromatic rings. The fraction of sp³-hybridized carbons (Fsp3) is 0.138. The van der Waals surface area contributed by atoms with Gasteiger partial charge < -0.3 is 23.7 Å². The molecule has 0 aliphatic carbocycles. The molecule has 1 aliphatic heterocycles. The second-order valence-corrected chi connectivity index (χ2v) is 18.6. The molecule has 11 rings (SSSR count). The summed E-state index contributed by atoms with van der Waals surface area (Å²) in [6, 6.07) is 67.2. The van der Waals surface area contributed by atoms with Gasteiger partial charge in [-0.1, -0.05) is 129 Å². The van der Waals surface area contributed by atoms with Crippen LogP contribution in [-0.4, -0.2) is 24.6 Å². The number of ether oxygens (including phenoxy) is 1. The van der Waals surface area contributed by atoms with Crippen molar-refractivity contribution in [3.05, 3.63) is 212 Å². The molecule has 0 unspecified atom stereocenters. The average molecular weight is 1030 g/mol. The Morgan fingerprint density at radius 2 is 1.15 bits per heavy atom. The van der Waals surface area contributed by atoms with Crippen LogP contribution in [0.4, 0.5) is 5.69 Å². The van der Waals surface area contributed by atoms with Crippen molar-refractivity contribution in [3.63, 3.8) is 0 Å². The molecule has 0 bridgehead atoms. The number of nitrogens with zero attached hydrogens (tertiary/aromatic N) is 5. The van der Waals surface area contributed by atoms with Gasteiger partial charge in [-0.25, -0.2) is 4.98 Å². The number of anilines is 1. The first-order chi connectivity index (χ1) is 31.0. The quantitative estimate of drug-likeness (QED) is 0.149. The number of hydrogen-bond acceptors (Lipinski definition) is 4. The predicted octanol–water partition coefficient (Wildman–Crippen LogP) is 14.5. The van der Waals surface area contributed by atoms with Crippen LogP contribution in [0, 0.1) is 18.8 Å². The number of para-hydroxylation sites is 2. The summed E-state index contributed by atoms with van der Waals surface area (Å²) >= 11 is 0. The zero-order valence-corrected chi connectivity index (χ0v) is 39.6. The monoisotopic (exact) mass is 1030 g/mol. The maximum absolute atomic E-state index is 6.78. The Kier molecular flexibility index (Phi) is 10.5. The van der Waals surface area contributed by atoms with E-state index in [4.69, 9.17) is 9.72 Å². The van der Waals surface area contributed by atoms with Crippen molar-refractivity contribution in [1.29, 1.82) is 0 Å². The molecular formula is C58H48N5OPt-3. The summed E-state index contributed by atoms with van der Waals surface area (Å²) in [5.74, 6) is 2.01. The number of rotatable bonds is 7. The largest absolute Gasteiger partial charge is 0.509 e. The zero-order valence-electron chi connectivity index (χ0n) is 37.3. The van der Waals surface area contributed by atoms with Gasteiger partial charge in [0.05, 0.1) is 11.0 Å². The van der Waals surface area contributed by atoms with E-state index in [1.807, 2.05) is 24.4 Å². The molecule has 65 heavy (non-hydrogen) atoms. The van der Waals surface area contributed by atoms with Gasteiger partial charge in [-0.3, -0.25) is 0 Å². The average Bonchev–Trinajstić information content (AvgIpc) is 3.97. The Labute approximate surface area is 395 Å². The first kappa shape index (κ1) is 42.1. The molecule has 0 radical (unpaired) electrons. The van der Waals surface area contributed by atoms with Gasteiger partial charge in [0, 0.05) is 77.7 Å². The van der Waals surface area contributed by atoms with Crippen LogP contribution in [-0.2, 0) is 26.5 Å². The molecule has 324 valence electrons. The molecule has 1 aliphatic rings. The minimum Gasteiger partial charge on any atom is -0.509 e. The van der Waals surface area contributed by atoms with Crippen LogP contribution in [0.15, 0.2) is 176 Å². The van der Waals surface area contributed by atoms with E-state index >= 15 is 0 Å². The van der Waals surface area contributed by atoms with Crippen LogP contribution >= 0.6 is 0 Å². The predicted molar refractivity (Wildman–Crippen MR) is 264 cm³/mol. The number of hydrogen-bond donors (Lipinski definition) is 0. The molecule has 0 fully saturated rings. The van der Waals surface area contributed by atoms with E-state index in [0.29, 0.717) is 11.5 Å². The van der Waals surface area contributed by atoms with Gasteiger partial charge in [-0.05, 0) is 84.7 Å². The van der Waals surface area contributed by atoms with E-state index in [1.54, 1.807) is 0 Å². The van der Waals surface area contributed by atoms with E-state index in [0.717, 1.165) is 67.0 Å². The van der Waals surface area contributed by atoms with E-state index in [2.05, 4.69) is 231 Å². The molecule has 0 saturated heterocycles. The molecule has 0 N–H and O–H groups in total. The summed E-state index contributed by atoms with van der Waals surface area (Å²) in [5.41, 5.74) is 11.6. The van der Waals surface area contributed by atoms with E-state index in [-0.39, 0.29) is 32.0 Å². The first-order valence-corrected chi connectivity index (χ1v) is 22.0. The molecular weight excluding hydrogens is 978 g/mol. The van der Waals surface area contributed by atoms with Crippen molar-refractivity contribution in [2.24, 2.45) is 0 Å². The van der Waals surface area contributed by atoms with Crippen molar-refractivity contribution in [2.75, 3.05) is 4.90 Å². The molecule has 0 amide bonds. The molecule has 7 heteroatoms. The maximum atomic E-state index is 6.78. The number of fused-ring (bicyclic) bond motifs is 6. The Hall–Kier alpha value is -6.88. The smallest absolute Gasteiger partial charge is 0.135 e. The van der Waals surface area contributed by atoms with Gasteiger partial charge in [-0.2, -0.15) is 18.8 Å². The van der Waals surface area contributed by atoms with Crippen LogP contribution in [0.3, 0.4) is 0 Å². The third kappa shape index (κ3) is 7.40. The topological polar surface area (TPSA) is 38.5 Å². The van der Waals surface area contributed by atoms with Gasteiger partial charge in [0.25, 0.3) is 0 Å². The van der Waals surface area contributed by atoms with Crippen LogP contribution in [0.5, 0.6) is 11.5 Å². The molecule has 0 saturated carbocycles. The summed E-state index contributed by atoms with van der Waals surface area (Å²) in [6.07, 6.45) is 1.92. The van der Waals surface area contributed by atoms with Gasteiger partial charge in [0.15, 0.2) is 0 Å². The summed E-state index contributed by atoms with van der Waals surface area (Å²) in [5, 5.41) is 4.59. The molecule has 4 heterocycles. The van der Waals surface area contributed by atoms with Crippen molar-refractivity contribution < 1.29 is 25.8 Å². The zero-order chi connectivity index (χ0) is 43.7.